The molecule has 3 rings (SSSR count). The first-order chi connectivity index (χ1) is 11.0. The molecule has 0 unspecified atom stereocenters. The summed E-state index contributed by atoms with van der Waals surface area (Å²) in [5.74, 6) is -0.492. The normalized spacial score (nSPS) is 11.0. The van der Waals surface area contributed by atoms with E-state index in [1.54, 1.807) is 29.9 Å². The van der Waals surface area contributed by atoms with Crippen LogP contribution in [0.2, 0.25) is 0 Å². The fraction of sp³-hybridized carbons (Fsp3) is 0.211. The Morgan fingerprint density at radius 3 is 2.39 bits per heavy atom. The summed E-state index contributed by atoms with van der Waals surface area (Å²) in [5, 5.41) is 4.25. The van der Waals surface area contributed by atoms with E-state index in [9.17, 15) is 8.78 Å². The number of halogens is 2. The summed E-state index contributed by atoms with van der Waals surface area (Å²) in [6.45, 7) is 1.88. The van der Waals surface area contributed by atoms with Crippen molar-refractivity contribution in [3.63, 3.8) is 0 Å². The van der Waals surface area contributed by atoms with Gasteiger partial charge in [0.2, 0.25) is 0 Å². The number of aromatic nitrogens is 2. The van der Waals surface area contributed by atoms with E-state index in [4.69, 9.17) is 0 Å². The molecule has 0 N–H and O–H groups in total. The van der Waals surface area contributed by atoms with Crippen LogP contribution in [0.1, 0.15) is 16.8 Å². The molecule has 1 aromatic heterocycles. The van der Waals surface area contributed by atoms with Crippen molar-refractivity contribution in [1.82, 2.24) is 9.78 Å². The Morgan fingerprint density at radius 2 is 1.74 bits per heavy atom. The molecular formula is C19H18F2N2. The van der Waals surface area contributed by atoms with E-state index in [2.05, 4.69) is 5.10 Å². The standard InChI is InChI=1S/C19H18F2N2/c1-13-11-19(23(2)22-13)16-10-8-14(12-18(16)21)7-9-15-5-3-4-6-17(15)20/h3-6,8,10-12H,7,9H2,1-2H3. The van der Waals surface area contributed by atoms with Gasteiger partial charge in [0.05, 0.1) is 11.4 Å². The fourth-order valence-electron chi connectivity index (χ4n) is 2.76. The summed E-state index contributed by atoms with van der Waals surface area (Å²) in [5.41, 5.74) is 3.64. The summed E-state index contributed by atoms with van der Waals surface area (Å²) in [4.78, 5) is 0. The Kier molecular flexibility index (Phi) is 4.24. The molecule has 3 aromatic rings. The number of hydrogen-bond acceptors (Lipinski definition) is 1. The molecule has 0 aliphatic carbocycles. The van der Waals surface area contributed by atoms with Gasteiger partial charge in [0.25, 0.3) is 0 Å². The predicted molar refractivity (Wildman–Crippen MR) is 87.1 cm³/mol. The van der Waals surface area contributed by atoms with Crippen LogP contribution in [0.3, 0.4) is 0 Å². The van der Waals surface area contributed by atoms with Crippen LogP contribution in [-0.2, 0) is 19.9 Å². The molecule has 0 atom stereocenters. The zero-order chi connectivity index (χ0) is 16.4. The van der Waals surface area contributed by atoms with E-state index in [1.165, 1.54) is 12.1 Å². The first kappa shape index (κ1) is 15.4. The van der Waals surface area contributed by atoms with E-state index in [1.807, 2.05) is 25.1 Å². The van der Waals surface area contributed by atoms with Gasteiger partial charge >= 0.3 is 0 Å². The third-order valence-electron chi connectivity index (χ3n) is 3.95. The van der Waals surface area contributed by atoms with Crippen molar-refractivity contribution >= 4 is 0 Å². The molecule has 2 aromatic carbocycles. The van der Waals surface area contributed by atoms with E-state index < -0.39 is 0 Å². The SMILES string of the molecule is Cc1cc(-c2ccc(CCc3ccccc3F)cc2F)n(C)n1. The molecule has 0 bridgehead atoms. The van der Waals surface area contributed by atoms with Crippen LogP contribution < -0.4 is 0 Å². The van der Waals surface area contributed by atoms with Crippen molar-refractivity contribution in [2.45, 2.75) is 19.8 Å². The van der Waals surface area contributed by atoms with Gasteiger partial charge in [0.1, 0.15) is 11.6 Å². The number of rotatable bonds is 4. The van der Waals surface area contributed by atoms with Gasteiger partial charge in [-0.15, -0.1) is 0 Å². The van der Waals surface area contributed by atoms with Gasteiger partial charge in [-0.25, -0.2) is 8.78 Å². The van der Waals surface area contributed by atoms with Crippen molar-refractivity contribution in [3.05, 3.63) is 77.0 Å². The van der Waals surface area contributed by atoms with Crippen LogP contribution in [0.5, 0.6) is 0 Å². The average Bonchev–Trinajstić information content (AvgIpc) is 2.85. The van der Waals surface area contributed by atoms with Gasteiger partial charge < -0.3 is 0 Å². The Labute approximate surface area is 134 Å². The van der Waals surface area contributed by atoms with E-state index in [0.29, 0.717) is 24.0 Å². The highest BCUT2D eigenvalue weighted by Gasteiger charge is 2.11. The van der Waals surface area contributed by atoms with Gasteiger partial charge in [0.15, 0.2) is 0 Å². The molecule has 23 heavy (non-hydrogen) atoms. The molecular weight excluding hydrogens is 294 g/mol. The zero-order valence-electron chi connectivity index (χ0n) is 13.2. The number of hydrogen-bond donors (Lipinski definition) is 0. The summed E-state index contributed by atoms with van der Waals surface area (Å²) < 4.78 is 29.7. The molecule has 0 fully saturated rings. The summed E-state index contributed by atoms with van der Waals surface area (Å²) in [7, 11) is 1.80. The van der Waals surface area contributed by atoms with Crippen LogP contribution in [0.25, 0.3) is 11.3 Å². The quantitative estimate of drug-likeness (QED) is 0.695. The van der Waals surface area contributed by atoms with Crippen LogP contribution >= 0.6 is 0 Å². The van der Waals surface area contributed by atoms with Crippen LogP contribution in [0.15, 0.2) is 48.5 Å². The Hall–Kier alpha value is -2.49. The Bertz CT molecular complexity index is 837. The topological polar surface area (TPSA) is 17.8 Å². The van der Waals surface area contributed by atoms with Gasteiger partial charge in [0, 0.05) is 12.6 Å². The van der Waals surface area contributed by atoms with Crippen molar-refractivity contribution in [2.24, 2.45) is 7.05 Å². The predicted octanol–water partition coefficient (Wildman–Crippen LogP) is 4.46. The minimum absolute atomic E-state index is 0.213. The molecule has 1 heterocycles. The number of nitrogens with zero attached hydrogens (tertiary/aromatic N) is 2. The van der Waals surface area contributed by atoms with Crippen LogP contribution in [-0.4, -0.2) is 9.78 Å². The lowest BCUT2D eigenvalue weighted by molar-refractivity contribution is 0.607. The van der Waals surface area contributed by atoms with Crippen molar-refractivity contribution in [2.75, 3.05) is 0 Å². The largest absolute Gasteiger partial charge is 0.268 e. The summed E-state index contributed by atoms with van der Waals surface area (Å²) in [6, 6.07) is 13.7. The maximum atomic E-state index is 14.4. The van der Waals surface area contributed by atoms with Gasteiger partial charge in [-0.3, -0.25) is 4.68 Å². The first-order valence-electron chi connectivity index (χ1n) is 7.57. The average molecular weight is 312 g/mol. The molecule has 0 aliphatic rings. The summed E-state index contributed by atoms with van der Waals surface area (Å²) in [6.07, 6.45) is 1.15. The molecule has 0 amide bonds. The summed E-state index contributed by atoms with van der Waals surface area (Å²) >= 11 is 0. The lowest BCUT2D eigenvalue weighted by Gasteiger charge is -2.07. The third-order valence-corrected chi connectivity index (χ3v) is 3.95. The Balaban J connectivity index is 1.80. The van der Waals surface area contributed by atoms with E-state index in [-0.39, 0.29) is 11.6 Å². The lowest BCUT2D eigenvalue weighted by atomic mass is 10.0. The number of aryl methyl sites for hydroxylation is 4. The maximum absolute atomic E-state index is 14.4. The second kappa shape index (κ2) is 6.32. The van der Waals surface area contributed by atoms with Gasteiger partial charge in [-0.1, -0.05) is 24.3 Å². The van der Waals surface area contributed by atoms with Gasteiger partial charge in [-0.05, 0) is 55.2 Å². The molecule has 0 saturated carbocycles. The lowest BCUT2D eigenvalue weighted by Crippen LogP contribution is -1.98. The molecule has 0 spiro atoms. The van der Waals surface area contributed by atoms with Crippen LogP contribution in [0.4, 0.5) is 8.78 Å². The highest BCUT2D eigenvalue weighted by Crippen LogP contribution is 2.24. The minimum atomic E-state index is -0.279. The smallest absolute Gasteiger partial charge is 0.132 e. The molecule has 2 nitrogen and oxygen atoms in total. The second-order valence-electron chi connectivity index (χ2n) is 5.70. The molecule has 0 aliphatic heterocycles. The fourth-order valence-corrected chi connectivity index (χ4v) is 2.76. The monoisotopic (exact) mass is 312 g/mol. The molecule has 118 valence electrons. The molecule has 0 radical (unpaired) electrons. The zero-order valence-corrected chi connectivity index (χ0v) is 13.2. The van der Waals surface area contributed by atoms with Crippen molar-refractivity contribution in [3.8, 4) is 11.3 Å². The van der Waals surface area contributed by atoms with Gasteiger partial charge in [-0.2, -0.15) is 5.10 Å². The molecule has 4 heteroatoms. The highest BCUT2D eigenvalue weighted by atomic mass is 19.1. The van der Waals surface area contributed by atoms with E-state index in [0.717, 1.165) is 17.0 Å². The first-order valence-corrected chi connectivity index (χ1v) is 7.57. The Morgan fingerprint density at radius 1 is 0.957 bits per heavy atom. The van der Waals surface area contributed by atoms with Crippen molar-refractivity contribution in [1.29, 1.82) is 0 Å². The third kappa shape index (κ3) is 3.31. The minimum Gasteiger partial charge on any atom is -0.268 e. The number of benzene rings is 2. The molecule has 0 saturated heterocycles. The second-order valence-corrected chi connectivity index (χ2v) is 5.70. The van der Waals surface area contributed by atoms with E-state index >= 15 is 0 Å². The highest BCUT2D eigenvalue weighted by molar-refractivity contribution is 5.61. The van der Waals surface area contributed by atoms with Crippen molar-refractivity contribution < 1.29 is 8.78 Å². The van der Waals surface area contributed by atoms with Crippen LogP contribution in [0, 0.1) is 18.6 Å². The maximum Gasteiger partial charge on any atom is 0.132 e.